The molecule has 1 atom stereocenters. The second kappa shape index (κ2) is 8.37. The zero-order valence-corrected chi connectivity index (χ0v) is 16.6. The number of nitrogens with two attached hydrogens (primary N) is 1. The number of aromatic nitrogens is 2. The quantitative estimate of drug-likeness (QED) is 0.565. The molecule has 0 saturated heterocycles. The molecule has 7 heteroatoms. The summed E-state index contributed by atoms with van der Waals surface area (Å²) in [4.78, 5) is 8.43. The maximum Gasteiger partial charge on any atom is 0.267 e. The second-order valence-electron chi connectivity index (χ2n) is 7.97. The van der Waals surface area contributed by atoms with Gasteiger partial charge in [-0.25, -0.2) is 13.2 Å². The minimum Gasteiger partial charge on any atom is -0.490 e. The van der Waals surface area contributed by atoms with Crippen molar-refractivity contribution in [3.05, 3.63) is 54.1 Å². The number of nitrogens with zero attached hydrogens (tertiary/aromatic N) is 2. The van der Waals surface area contributed by atoms with Gasteiger partial charge in [-0.05, 0) is 43.5 Å². The Bertz CT molecular complexity index is 1010. The fraction of sp³-hybridized carbons (Fsp3) is 0.364. The Labute approximate surface area is 167 Å². The minimum absolute atomic E-state index is 0.00795. The first kappa shape index (κ1) is 21.0. The van der Waals surface area contributed by atoms with Crippen LogP contribution in [0.15, 0.2) is 42.7 Å². The minimum atomic E-state index is -2.74. The van der Waals surface area contributed by atoms with E-state index in [2.05, 4.69) is 9.97 Å². The van der Waals surface area contributed by atoms with Crippen molar-refractivity contribution in [2.45, 2.75) is 39.2 Å². The molecule has 0 spiro atoms. The predicted molar refractivity (Wildman–Crippen MR) is 107 cm³/mol. The van der Waals surface area contributed by atoms with Crippen LogP contribution in [-0.4, -0.2) is 22.1 Å². The summed E-state index contributed by atoms with van der Waals surface area (Å²) in [5, 5.41) is 0.627. The molecule has 3 rings (SSSR count). The fourth-order valence-corrected chi connectivity index (χ4v) is 3.48. The first-order chi connectivity index (χ1) is 13.7. The lowest BCUT2D eigenvalue weighted by Crippen LogP contribution is -2.43. The van der Waals surface area contributed by atoms with Gasteiger partial charge in [0.25, 0.3) is 6.43 Å². The van der Waals surface area contributed by atoms with Gasteiger partial charge in [0.1, 0.15) is 18.2 Å². The highest BCUT2D eigenvalue weighted by Crippen LogP contribution is 2.34. The van der Waals surface area contributed by atoms with Gasteiger partial charge in [-0.1, -0.05) is 13.8 Å². The molecule has 29 heavy (non-hydrogen) atoms. The van der Waals surface area contributed by atoms with Crippen LogP contribution in [0.5, 0.6) is 5.75 Å². The average Bonchev–Trinajstić information content (AvgIpc) is 2.64. The van der Waals surface area contributed by atoms with E-state index < -0.39 is 17.8 Å². The fourth-order valence-electron chi connectivity index (χ4n) is 3.48. The first-order valence-corrected chi connectivity index (χ1v) is 9.41. The van der Waals surface area contributed by atoms with Gasteiger partial charge in [-0.3, -0.25) is 9.97 Å². The van der Waals surface area contributed by atoms with E-state index >= 15 is 0 Å². The molecule has 3 aromatic rings. The molecule has 154 valence electrons. The Morgan fingerprint density at radius 2 is 1.90 bits per heavy atom. The molecule has 0 aliphatic rings. The lowest BCUT2D eigenvalue weighted by Gasteiger charge is -2.27. The lowest BCUT2D eigenvalue weighted by molar-refractivity contribution is 0.139. The third-order valence-electron chi connectivity index (χ3n) is 4.55. The lowest BCUT2D eigenvalue weighted by atomic mass is 9.93. The van der Waals surface area contributed by atoms with Crippen molar-refractivity contribution in [3.8, 4) is 17.0 Å². The van der Waals surface area contributed by atoms with Crippen LogP contribution in [0.25, 0.3) is 22.2 Å². The van der Waals surface area contributed by atoms with Crippen molar-refractivity contribution in [1.29, 1.82) is 0 Å². The molecule has 2 heterocycles. The van der Waals surface area contributed by atoms with Crippen molar-refractivity contribution < 1.29 is 17.9 Å². The Morgan fingerprint density at radius 1 is 1.14 bits per heavy atom. The van der Waals surface area contributed by atoms with Crippen LogP contribution in [0.2, 0.25) is 0 Å². The Kier molecular flexibility index (Phi) is 6.07. The number of rotatable bonds is 7. The number of alkyl halides is 2. The van der Waals surface area contributed by atoms with Gasteiger partial charge in [-0.15, -0.1) is 0 Å². The van der Waals surface area contributed by atoms with Crippen LogP contribution in [0.4, 0.5) is 13.2 Å². The van der Waals surface area contributed by atoms with Crippen LogP contribution in [0.1, 0.15) is 39.2 Å². The summed E-state index contributed by atoms with van der Waals surface area (Å²) in [6.45, 7) is 6.01. The molecule has 0 saturated carbocycles. The number of ether oxygens (including phenoxy) is 1. The van der Waals surface area contributed by atoms with Crippen LogP contribution in [0, 0.1) is 11.7 Å². The molecule has 2 N–H and O–H groups in total. The van der Waals surface area contributed by atoms with E-state index in [0.29, 0.717) is 34.5 Å². The summed E-state index contributed by atoms with van der Waals surface area (Å²) in [7, 11) is 0. The highest BCUT2D eigenvalue weighted by atomic mass is 19.3. The zero-order valence-electron chi connectivity index (χ0n) is 16.6. The number of halogens is 3. The largest absolute Gasteiger partial charge is 0.490 e. The highest BCUT2D eigenvalue weighted by Gasteiger charge is 2.24. The molecule has 1 aromatic carbocycles. The van der Waals surface area contributed by atoms with Gasteiger partial charge in [-0.2, -0.15) is 0 Å². The van der Waals surface area contributed by atoms with Gasteiger partial charge < -0.3 is 10.5 Å². The van der Waals surface area contributed by atoms with Crippen molar-refractivity contribution in [2.75, 3.05) is 6.61 Å². The summed E-state index contributed by atoms with van der Waals surface area (Å²) in [5.41, 5.74) is 6.67. The Hall–Kier alpha value is -2.67. The molecule has 0 bridgehead atoms. The van der Waals surface area contributed by atoms with E-state index in [1.807, 2.05) is 20.8 Å². The average molecular weight is 403 g/mol. The van der Waals surface area contributed by atoms with Crippen LogP contribution < -0.4 is 10.5 Å². The maximum absolute atomic E-state index is 13.7. The van der Waals surface area contributed by atoms with E-state index in [4.69, 9.17) is 10.5 Å². The number of hydrogen-bond acceptors (Lipinski definition) is 4. The first-order valence-electron chi connectivity index (χ1n) is 9.41. The second-order valence-corrected chi connectivity index (χ2v) is 7.97. The van der Waals surface area contributed by atoms with Crippen LogP contribution >= 0.6 is 0 Å². The normalized spacial score (nSPS) is 13.8. The van der Waals surface area contributed by atoms with E-state index in [1.165, 1.54) is 30.6 Å². The maximum atomic E-state index is 13.7. The van der Waals surface area contributed by atoms with Crippen molar-refractivity contribution in [2.24, 2.45) is 11.7 Å². The molecule has 1 unspecified atom stereocenters. The summed E-state index contributed by atoms with van der Waals surface area (Å²) in [6.07, 6.45) is 0.739. The highest BCUT2D eigenvalue weighted by molar-refractivity contribution is 5.93. The molecule has 2 aromatic heterocycles. The molecule has 0 fully saturated rings. The van der Waals surface area contributed by atoms with Crippen molar-refractivity contribution in [1.82, 2.24) is 9.97 Å². The van der Waals surface area contributed by atoms with Crippen LogP contribution in [-0.2, 0) is 0 Å². The molecule has 4 nitrogen and oxygen atoms in total. The SMILES string of the molecule is CC(C)CC(C)(N)COc1cnc(-c2ccnc3cc(F)ccc23)cc1C(F)F. The number of benzene rings is 1. The topological polar surface area (TPSA) is 61.0 Å². The van der Waals surface area contributed by atoms with Gasteiger partial charge in [0.15, 0.2) is 0 Å². The predicted octanol–water partition coefficient (Wildman–Crippen LogP) is 5.52. The van der Waals surface area contributed by atoms with Gasteiger partial charge >= 0.3 is 0 Å². The van der Waals surface area contributed by atoms with E-state index in [-0.39, 0.29) is 17.9 Å². The number of fused-ring (bicyclic) bond motifs is 1. The number of hydrogen-bond donors (Lipinski definition) is 1. The summed E-state index contributed by atoms with van der Waals surface area (Å²) >= 11 is 0. The van der Waals surface area contributed by atoms with Crippen molar-refractivity contribution in [3.63, 3.8) is 0 Å². The zero-order chi connectivity index (χ0) is 21.2. The third-order valence-corrected chi connectivity index (χ3v) is 4.55. The smallest absolute Gasteiger partial charge is 0.267 e. The summed E-state index contributed by atoms with van der Waals surface area (Å²) < 4.78 is 46.5. The third kappa shape index (κ3) is 5.03. The van der Waals surface area contributed by atoms with Gasteiger partial charge in [0.2, 0.25) is 0 Å². The van der Waals surface area contributed by atoms with Gasteiger partial charge in [0.05, 0.1) is 23.0 Å². The summed E-state index contributed by atoms with van der Waals surface area (Å²) in [6, 6.07) is 7.12. The molecule has 0 aliphatic carbocycles. The van der Waals surface area contributed by atoms with Crippen LogP contribution in [0.3, 0.4) is 0 Å². The van der Waals surface area contributed by atoms with Gasteiger partial charge in [0, 0.05) is 28.8 Å². The standard InChI is InChI=1S/C22H24F3N3O/c1-13(2)10-22(3,26)12-29-20-11-28-19(9-17(20)21(24)25)16-6-7-27-18-8-14(23)4-5-15(16)18/h4-9,11,13,21H,10,12,26H2,1-3H3. The molecule has 0 aliphatic heterocycles. The molecular formula is C22H24F3N3O. The molecule has 0 radical (unpaired) electrons. The molecular weight excluding hydrogens is 379 g/mol. The Balaban J connectivity index is 1.95. The Morgan fingerprint density at radius 3 is 2.59 bits per heavy atom. The van der Waals surface area contributed by atoms with E-state index in [1.54, 1.807) is 12.1 Å². The van der Waals surface area contributed by atoms with Crippen molar-refractivity contribution >= 4 is 10.9 Å². The van der Waals surface area contributed by atoms with E-state index in [0.717, 1.165) is 0 Å². The number of pyridine rings is 2. The van der Waals surface area contributed by atoms with E-state index in [9.17, 15) is 13.2 Å². The molecule has 0 amide bonds. The monoisotopic (exact) mass is 403 g/mol. The summed E-state index contributed by atoms with van der Waals surface area (Å²) in [5.74, 6) is -0.0552.